The number of aliphatic carboxylic acids is 1. The second-order valence-electron chi connectivity index (χ2n) is 5.38. The van der Waals surface area contributed by atoms with E-state index in [0.29, 0.717) is 0 Å². The third kappa shape index (κ3) is 2.47. The van der Waals surface area contributed by atoms with Crippen molar-refractivity contribution in [1.82, 2.24) is 9.13 Å². The van der Waals surface area contributed by atoms with Crippen molar-refractivity contribution in [3.05, 3.63) is 67.4 Å². The van der Waals surface area contributed by atoms with Gasteiger partial charge in [0, 0.05) is 12.6 Å². The van der Waals surface area contributed by atoms with Crippen LogP contribution >= 0.6 is 0 Å². The predicted molar refractivity (Wildman–Crippen MR) is 82.9 cm³/mol. The summed E-state index contributed by atoms with van der Waals surface area (Å²) in [6.07, 6.45) is -0.617. The first kappa shape index (κ1) is 15.6. The molecule has 122 valence electrons. The average Bonchev–Trinajstić information content (AvgIpc) is 2.86. The average molecular weight is 327 g/mol. The summed E-state index contributed by atoms with van der Waals surface area (Å²) < 4.78 is 2.07. The Hall–Kier alpha value is -3.29. The highest BCUT2D eigenvalue weighted by molar-refractivity contribution is 6.18. The predicted octanol–water partition coefficient (Wildman–Crippen LogP) is -1.62. The zero-order valence-corrected chi connectivity index (χ0v) is 12.7. The Labute approximate surface area is 134 Å². The molecule has 1 aromatic heterocycles. The van der Waals surface area contributed by atoms with Crippen molar-refractivity contribution in [3.63, 3.8) is 0 Å². The number of benzene rings is 1. The molecule has 0 spiro atoms. The van der Waals surface area contributed by atoms with Gasteiger partial charge in [0.05, 0.1) is 18.2 Å². The smallest absolute Gasteiger partial charge is 0.332 e. The number of aromatic nitrogens is 2. The maximum Gasteiger partial charge on any atom is 0.332 e. The molecule has 1 aliphatic heterocycles. The SMILES string of the molecule is Cn1c(=O)c2c(n(Cc3ccccc3)c1=O)=NC(=O)C=2CC(=O)O. The van der Waals surface area contributed by atoms with E-state index < -0.39 is 29.5 Å². The molecule has 0 radical (unpaired) electrons. The van der Waals surface area contributed by atoms with E-state index in [9.17, 15) is 19.2 Å². The number of carboxylic acids is 1. The highest BCUT2D eigenvalue weighted by atomic mass is 16.4. The van der Waals surface area contributed by atoms with E-state index in [2.05, 4.69) is 4.99 Å². The number of rotatable bonds is 4. The third-order valence-electron chi connectivity index (χ3n) is 3.79. The van der Waals surface area contributed by atoms with Gasteiger partial charge in [-0.2, -0.15) is 4.99 Å². The molecule has 1 amide bonds. The molecule has 8 heteroatoms. The molecule has 3 rings (SSSR count). The van der Waals surface area contributed by atoms with Gasteiger partial charge in [0.25, 0.3) is 11.5 Å². The van der Waals surface area contributed by atoms with Gasteiger partial charge in [-0.3, -0.25) is 23.5 Å². The van der Waals surface area contributed by atoms with Gasteiger partial charge in [0.15, 0.2) is 5.49 Å². The molecule has 0 aliphatic carbocycles. The number of fused-ring (bicyclic) bond motifs is 1. The molecule has 0 atom stereocenters. The minimum absolute atomic E-state index is 0.0757. The number of hydrogen-bond donors (Lipinski definition) is 1. The van der Waals surface area contributed by atoms with Crippen LogP contribution in [-0.4, -0.2) is 26.1 Å². The lowest BCUT2D eigenvalue weighted by atomic mass is 10.1. The lowest BCUT2D eigenvalue weighted by molar-refractivity contribution is -0.136. The van der Waals surface area contributed by atoms with Gasteiger partial charge in [-0.1, -0.05) is 30.3 Å². The van der Waals surface area contributed by atoms with Crippen LogP contribution in [0.4, 0.5) is 0 Å². The molecule has 0 saturated heterocycles. The van der Waals surface area contributed by atoms with Crippen LogP contribution < -0.4 is 22.0 Å². The zero-order valence-electron chi connectivity index (χ0n) is 12.7. The van der Waals surface area contributed by atoms with Crippen molar-refractivity contribution >= 4 is 17.4 Å². The summed E-state index contributed by atoms with van der Waals surface area (Å²) in [5.74, 6) is -2.04. The Balaban J connectivity index is 2.35. The molecular formula is C16H13N3O5. The summed E-state index contributed by atoms with van der Waals surface area (Å²) in [6, 6.07) is 9.01. The van der Waals surface area contributed by atoms with E-state index in [1.165, 1.54) is 11.6 Å². The molecule has 2 aromatic rings. The van der Waals surface area contributed by atoms with E-state index in [4.69, 9.17) is 5.11 Å². The molecule has 1 N–H and O–H groups in total. The van der Waals surface area contributed by atoms with Gasteiger partial charge in [-0.25, -0.2) is 4.79 Å². The first-order chi connectivity index (χ1) is 11.4. The van der Waals surface area contributed by atoms with Crippen molar-refractivity contribution in [3.8, 4) is 0 Å². The molecule has 0 fully saturated rings. The number of carbonyl (C=O) groups excluding carboxylic acids is 1. The first-order valence-corrected chi connectivity index (χ1v) is 7.12. The monoisotopic (exact) mass is 327 g/mol. The van der Waals surface area contributed by atoms with Crippen LogP contribution in [0, 0.1) is 0 Å². The number of hydrogen-bond acceptors (Lipinski definition) is 4. The van der Waals surface area contributed by atoms with E-state index in [0.717, 1.165) is 10.1 Å². The van der Waals surface area contributed by atoms with Gasteiger partial charge in [0.1, 0.15) is 0 Å². The van der Waals surface area contributed by atoms with Gasteiger partial charge >= 0.3 is 11.7 Å². The fourth-order valence-corrected chi connectivity index (χ4v) is 2.63. The number of amides is 1. The molecule has 0 unspecified atom stereocenters. The minimum atomic E-state index is -1.25. The van der Waals surface area contributed by atoms with Crippen LogP contribution in [0.25, 0.3) is 5.57 Å². The van der Waals surface area contributed by atoms with E-state index in [1.807, 2.05) is 6.07 Å². The van der Waals surface area contributed by atoms with Gasteiger partial charge in [-0.15, -0.1) is 0 Å². The van der Waals surface area contributed by atoms with Crippen molar-refractivity contribution < 1.29 is 14.7 Å². The lowest BCUT2D eigenvalue weighted by Gasteiger charge is -2.07. The molecule has 2 heterocycles. The molecule has 1 aromatic carbocycles. The van der Waals surface area contributed by atoms with Crippen LogP contribution in [-0.2, 0) is 23.2 Å². The van der Waals surface area contributed by atoms with Crippen LogP contribution in [0.2, 0.25) is 0 Å². The Morgan fingerprint density at radius 3 is 2.46 bits per heavy atom. The van der Waals surface area contributed by atoms with E-state index in [-0.39, 0.29) is 22.8 Å². The fourth-order valence-electron chi connectivity index (χ4n) is 2.63. The summed E-state index contributed by atoms with van der Waals surface area (Å²) in [6.45, 7) is 0.118. The van der Waals surface area contributed by atoms with Gasteiger partial charge < -0.3 is 5.11 Å². The minimum Gasteiger partial charge on any atom is -0.481 e. The third-order valence-corrected chi connectivity index (χ3v) is 3.79. The van der Waals surface area contributed by atoms with Crippen LogP contribution in [0.3, 0.4) is 0 Å². The second-order valence-corrected chi connectivity index (χ2v) is 5.38. The molecule has 24 heavy (non-hydrogen) atoms. The molecule has 1 aliphatic rings. The largest absolute Gasteiger partial charge is 0.481 e. The molecular weight excluding hydrogens is 314 g/mol. The molecule has 8 nitrogen and oxygen atoms in total. The summed E-state index contributed by atoms with van der Waals surface area (Å²) in [7, 11) is 1.29. The Morgan fingerprint density at radius 1 is 1.17 bits per heavy atom. The summed E-state index contributed by atoms with van der Waals surface area (Å²) in [5.41, 5.74) is -0.816. The van der Waals surface area contributed by atoms with Gasteiger partial charge in [0.2, 0.25) is 0 Å². The van der Waals surface area contributed by atoms with Crippen molar-refractivity contribution in [2.75, 3.05) is 0 Å². The highest BCUT2D eigenvalue weighted by Crippen LogP contribution is 2.05. The van der Waals surface area contributed by atoms with Crippen LogP contribution in [0.15, 0.2) is 44.9 Å². The van der Waals surface area contributed by atoms with Crippen molar-refractivity contribution in [2.45, 2.75) is 13.0 Å². The maximum absolute atomic E-state index is 12.4. The number of nitrogens with zero attached hydrogens (tertiary/aromatic N) is 3. The molecule has 0 saturated carbocycles. The van der Waals surface area contributed by atoms with Crippen molar-refractivity contribution in [1.29, 1.82) is 0 Å². The quantitative estimate of drug-likeness (QED) is 0.726. The van der Waals surface area contributed by atoms with E-state index >= 15 is 0 Å². The Bertz CT molecular complexity index is 1090. The normalized spacial score (nSPS) is 12.9. The second kappa shape index (κ2) is 5.73. The van der Waals surface area contributed by atoms with Crippen LogP contribution in [0.1, 0.15) is 12.0 Å². The highest BCUT2D eigenvalue weighted by Gasteiger charge is 2.24. The summed E-state index contributed by atoms with van der Waals surface area (Å²) in [4.78, 5) is 51.5. The zero-order chi connectivity index (χ0) is 17.4. The fraction of sp³-hybridized carbons (Fsp3) is 0.188. The van der Waals surface area contributed by atoms with Crippen molar-refractivity contribution in [2.24, 2.45) is 12.0 Å². The summed E-state index contributed by atoms with van der Waals surface area (Å²) in [5, 5.41) is 8.83. The maximum atomic E-state index is 12.4. The van der Waals surface area contributed by atoms with Gasteiger partial charge in [-0.05, 0) is 5.56 Å². The number of carbonyl (C=O) groups is 2. The number of carboxylic acid groups (broad SMARTS) is 1. The summed E-state index contributed by atoms with van der Waals surface area (Å²) >= 11 is 0. The van der Waals surface area contributed by atoms with Crippen LogP contribution in [0.5, 0.6) is 0 Å². The Morgan fingerprint density at radius 2 is 1.83 bits per heavy atom. The first-order valence-electron chi connectivity index (χ1n) is 7.12. The standard InChI is InChI=1S/C16H13N3O5/c1-18-15(23)12-10(7-11(20)21)14(22)17-13(12)19(16(18)24)8-9-5-3-2-4-6-9/h2-6H,7-8H2,1H3,(H,20,21). The topological polar surface area (TPSA) is 111 Å². The lowest BCUT2D eigenvalue weighted by Crippen LogP contribution is -2.57. The molecule has 0 bridgehead atoms. The van der Waals surface area contributed by atoms with E-state index in [1.54, 1.807) is 24.3 Å². The Kier molecular flexibility index (Phi) is 3.72.